The van der Waals surface area contributed by atoms with Gasteiger partial charge in [0.05, 0.1) is 6.04 Å². The summed E-state index contributed by atoms with van der Waals surface area (Å²) < 4.78 is 41.9. The van der Waals surface area contributed by atoms with Gasteiger partial charge in [-0.05, 0) is 79.7 Å². The number of alkyl halides is 2. The summed E-state index contributed by atoms with van der Waals surface area (Å²) in [6, 6.07) is 9.22. The number of carbonyl (C=O) groups is 1. The number of nitrogens with zero attached hydrogens (tertiary/aromatic N) is 1. The Morgan fingerprint density at radius 1 is 1.09 bits per heavy atom. The van der Waals surface area contributed by atoms with Crippen LogP contribution in [0, 0.1) is 5.92 Å². The maximum absolute atomic E-state index is 15.4. The lowest BCUT2D eigenvalue weighted by Gasteiger charge is -2.31. The van der Waals surface area contributed by atoms with E-state index in [9.17, 15) is 9.90 Å². The Hall–Kier alpha value is -2.42. The first-order valence-electron chi connectivity index (χ1n) is 12.1. The molecule has 6 nitrogen and oxygen atoms in total. The molecule has 2 aliphatic heterocycles. The molecule has 1 unspecified atom stereocenters. The van der Waals surface area contributed by atoms with Gasteiger partial charge in [0.2, 0.25) is 0 Å². The zero-order valence-corrected chi connectivity index (χ0v) is 20.1. The standard InChI is InChI=1S/C26H29ClF2N2O4/c27-20-5-3-16-11-19(12-18(16)13-20)26(28,29)25(33)30-21(15-31-7-1-2-8-31)24(32)17-4-6-22-23(14-17)35-10-9-34-22/h3-6,13-14,19,21,24,32H,1-2,7-12,15H2,(H,30,33)/t19?,21-,24-/m1/s1. The predicted octanol–water partition coefficient (Wildman–Crippen LogP) is 3.78. The summed E-state index contributed by atoms with van der Waals surface area (Å²) in [7, 11) is 0. The van der Waals surface area contributed by atoms with Gasteiger partial charge in [0.25, 0.3) is 5.91 Å². The van der Waals surface area contributed by atoms with Crippen LogP contribution in [0.5, 0.6) is 11.5 Å². The van der Waals surface area contributed by atoms with Crippen molar-refractivity contribution in [3.8, 4) is 11.5 Å². The third-order valence-corrected chi connectivity index (χ3v) is 7.41. The molecular weight excluding hydrogens is 478 g/mol. The van der Waals surface area contributed by atoms with Crippen molar-refractivity contribution in [2.24, 2.45) is 5.92 Å². The van der Waals surface area contributed by atoms with Gasteiger partial charge in [-0.15, -0.1) is 0 Å². The molecule has 1 amide bonds. The van der Waals surface area contributed by atoms with Gasteiger partial charge in [0.15, 0.2) is 11.5 Å². The van der Waals surface area contributed by atoms with E-state index in [-0.39, 0.29) is 19.4 Å². The number of nitrogens with one attached hydrogen (secondary N) is 1. The lowest BCUT2D eigenvalue weighted by atomic mass is 9.95. The van der Waals surface area contributed by atoms with Crippen LogP contribution in [0.25, 0.3) is 0 Å². The van der Waals surface area contributed by atoms with Gasteiger partial charge in [-0.1, -0.05) is 23.7 Å². The van der Waals surface area contributed by atoms with E-state index in [1.807, 2.05) is 0 Å². The molecule has 3 atom stereocenters. The Morgan fingerprint density at radius 3 is 2.57 bits per heavy atom. The van der Waals surface area contributed by atoms with Gasteiger partial charge in [-0.3, -0.25) is 4.79 Å². The second-order valence-electron chi connectivity index (χ2n) is 9.58. The molecule has 1 aliphatic carbocycles. The molecule has 2 N–H and O–H groups in total. The number of fused-ring (bicyclic) bond motifs is 2. The summed E-state index contributed by atoms with van der Waals surface area (Å²) in [4.78, 5) is 15.0. The van der Waals surface area contributed by atoms with E-state index in [0.717, 1.165) is 37.1 Å². The minimum atomic E-state index is -3.60. The van der Waals surface area contributed by atoms with Crippen LogP contribution in [0.15, 0.2) is 36.4 Å². The lowest BCUT2D eigenvalue weighted by molar-refractivity contribution is -0.155. The van der Waals surface area contributed by atoms with Crippen LogP contribution in [0.1, 0.15) is 35.6 Å². The largest absolute Gasteiger partial charge is 0.486 e. The molecular formula is C26H29ClF2N2O4. The van der Waals surface area contributed by atoms with Crippen molar-refractivity contribution in [3.63, 3.8) is 0 Å². The first kappa shape index (κ1) is 24.3. The number of hydrogen-bond donors (Lipinski definition) is 2. The van der Waals surface area contributed by atoms with Crippen LogP contribution >= 0.6 is 11.6 Å². The smallest absolute Gasteiger partial charge is 0.327 e. The van der Waals surface area contributed by atoms with Crippen LogP contribution < -0.4 is 14.8 Å². The zero-order chi connectivity index (χ0) is 24.6. The summed E-state index contributed by atoms with van der Waals surface area (Å²) in [6.45, 7) is 2.71. The average Bonchev–Trinajstić information content (AvgIpc) is 3.52. The minimum absolute atomic E-state index is 0.0812. The van der Waals surface area contributed by atoms with Gasteiger partial charge < -0.3 is 24.8 Å². The number of rotatable bonds is 7. The molecule has 3 aliphatic rings. The molecule has 2 heterocycles. The topological polar surface area (TPSA) is 71.0 Å². The monoisotopic (exact) mass is 506 g/mol. The van der Waals surface area contributed by atoms with Crippen molar-refractivity contribution in [1.29, 1.82) is 0 Å². The number of aliphatic hydroxyl groups is 1. The van der Waals surface area contributed by atoms with E-state index >= 15 is 8.78 Å². The Balaban J connectivity index is 1.33. The molecule has 0 saturated carbocycles. The van der Waals surface area contributed by atoms with Crippen molar-refractivity contribution in [3.05, 3.63) is 58.1 Å². The number of likely N-dealkylation sites (tertiary alicyclic amines) is 1. The molecule has 0 spiro atoms. The van der Waals surface area contributed by atoms with E-state index in [2.05, 4.69) is 10.2 Å². The number of benzene rings is 2. The Kier molecular flexibility index (Phi) is 6.88. The van der Waals surface area contributed by atoms with E-state index in [1.165, 1.54) is 0 Å². The number of amides is 1. The van der Waals surface area contributed by atoms with Gasteiger partial charge in [-0.25, -0.2) is 0 Å². The molecule has 0 radical (unpaired) electrons. The third-order valence-electron chi connectivity index (χ3n) is 7.18. The van der Waals surface area contributed by atoms with Crippen molar-refractivity contribution < 1.29 is 28.2 Å². The number of hydrogen-bond acceptors (Lipinski definition) is 5. The van der Waals surface area contributed by atoms with Crippen LogP contribution in [0.3, 0.4) is 0 Å². The molecule has 5 rings (SSSR count). The summed E-state index contributed by atoms with van der Waals surface area (Å²) in [5.41, 5.74) is 2.02. The second-order valence-corrected chi connectivity index (χ2v) is 10.0. The van der Waals surface area contributed by atoms with Crippen LogP contribution in [0.4, 0.5) is 8.78 Å². The highest BCUT2D eigenvalue weighted by Gasteiger charge is 2.50. The molecule has 0 aromatic heterocycles. The third kappa shape index (κ3) is 5.10. The highest BCUT2D eigenvalue weighted by Crippen LogP contribution is 2.39. The molecule has 2 aromatic rings. The molecule has 2 aromatic carbocycles. The number of carbonyl (C=O) groups excluding carboxylic acids is 1. The average molecular weight is 507 g/mol. The predicted molar refractivity (Wildman–Crippen MR) is 127 cm³/mol. The van der Waals surface area contributed by atoms with Crippen molar-refractivity contribution in [2.75, 3.05) is 32.8 Å². The number of halogens is 3. The van der Waals surface area contributed by atoms with Crippen LogP contribution in [-0.2, 0) is 17.6 Å². The van der Waals surface area contributed by atoms with Gasteiger partial charge >= 0.3 is 5.92 Å². The fourth-order valence-electron chi connectivity index (χ4n) is 5.24. The van der Waals surface area contributed by atoms with E-state index < -0.39 is 29.9 Å². The van der Waals surface area contributed by atoms with E-state index in [4.69, 9.17) is 21.1 Å². The fourth-order valence-corrected chi connectivity index (χ4v) is 5.43. The SMILES string of the molecule is O=C(N[C@H](CN1CCCC1)[C@H](O)c1ccc2c(c1)OCCO2)C(F)(F)C1Cc2ccc(Cl)cc2C1. The Bertz CT molecular complexity index is 1090. The highest BCUT2D eigenvalue weighted by atomic mass is 35.5. The van der Waals surface area contributed by atoms with Crippen molar-refractivity contribution in [2.45, 2.75) is 43.8 Å². The lowest BCUT2D eigenvalue weighted by Crippen LogP contribution is -2.54. The summed E-state index contributed by atoms with van der Waals surface area (Å²) in [6.07, 6.45) is 0.997. The first-order valence-corrected chi connectivity index (χ1v) is 12.4. The number of aliphatic hydroxyl groups excluding tert-OH is 1. The van der Waals surface area contributed by atoms with Crippen molar-refractivity contribution in [1.82, 2.24) is 10.2 Å². The van der Waals surface area contributed by atoms with Crippen LogP contribution in [0.2, 0.25) is 5.02 Å². The van der Waals surface area contributed by atoms with Gasteiger partial charge in [-0.2, -0.15) is 8.78 Å². The zero-order valence-electron chi connectivity index (χ0n) is 19.3. The molecule has 9 heteroatoms. The normalized spacial score (nSPS) is 21.4. The van der Waals surface area contributed by atoms with Crippen LogP contribution in [-0.4, -0.2) is 60.7 Å². The molecule has 1 saturated heterocycles. The molecule has 188 valence electrons. The maximum Gasteiger partial charge on any atom is 0.327 e. The maximum atomic E-state index is 15.4. The fraction of sp³-hybridized carbons (Fsp3) is 0.500. The Labute approximate surface area is 208 Å². The molecule has 1 fully saturated rings. The molecule has 0 bridgehead atoms. The van der Waals surface area contributed by atoms with Gasteiger partial charge in [0, 0.05) is 17.5 Å². The quantitative estimate of drug-likeness (QED) is 0.598. The summed E-state index contributed by atoms with van der Waals surface area (Å²) in [5, 5.41) is 14.2. The van der Waals surface area contributed by atoms with Crippen molar-refractivity contribution >= 4 is 17.5 Å². The van der Waals surface area contributed by atoms with E-state index in [1.54, 1.807) is 36.4 Å². The molecule has 35 heavy (non-hydrogen) atoms. The summed E-state index contributed by atoms with van der Waals surface area (Å²) in [5.74, 6) is -5.05. The minimum Gasteiger partial charge on any atom is -0.486 e. The van der Waals surface area contributed by atoms with E-state index in [0.29, 0.717) is 35.3 Å². The highest BCUT2D eigenvalue weighted by molar-refractivity contribution is 6.30. The van der Waals surface area contributed by atoms with Gasteiger partial charge in [0.1, 0.15) is 19.3 Å². The summed E-state index contributed by atoms with van der Waals surface area (Å²) >= 11 is 6.02. The second kappa shape index (κ2) is 9.91. The Morgan fingerprint density at radius 2 is 1.80 bits per heavy atom. The number of ether oxygens (including phenoxy) is 2. The first-order chi connectivity index (χ1) is 16.8.